The van der Waals surface area contributed by atoms with Gasteiger partial charge in [-0.1, -0.05) is 11.6 Å². The lowest BCUT2D eigenvalue weighted by Gasteiger charge is -2.19. The van der Waals surface area contributed by atoms with Gasteiger partial charge in [0.25, 0.3) is 15.9 Å². The van der Waals surface area contributed by atoms with E-state index in [1.54, 1.807) is 48.7 Å². The molecule has 1 heterocycles. The molecule has 0 unspecified atom stereocenters. The molecule has 3 rings (SSSR count). The Bertz CT molecular complexity index is 1190. The summed E-state index contributed by atoms with van der Waals surface area (Å²) in [5.41, 5.74) is 1.18. The highest BCUT2D eigenvalue weighted by Crippen LogP contribution is 2.29. The Morgan fingerprint density at radius 3 is 2.32 bits per heavy atom. The Hall–Kier alpha value is -2.88. The van der Waals surface area contributed by atoms with Gasteiger partial charge in [-0.15, -0.1) is 11.3 Å². The van der Waals surface area contributed by atoms with E-state index in [4.69, 9.17) is 16.3 Å². The number of carbonyl (C=O) groups is 2. The molecule has 0 saturated carbocycles. The molecule has 0 fully saturated rings. The second kappa shape index (κ2) is 9.51. The van der Waals surface area contributed by atoms with Gasteiger partial charge in [-0.05, 0) is 66.9 Å². The number of carbonyl (C=O) groups excluding carboxylic acids is 2. The quantitative estimate of drug-likeness (QED) is 0.499. The SMILES string of the molecule is CCOC(=O)c1ccc(NC(=O)c2sccc2S(=O)(=O)N(C)c2ccc(Cl)cc2)cc1. The van der Waals surface area contributed by atoms with Crippen LogP contribution in [0, 0.1) is 0 Å². The minimum atomic E-state index is -3.98. The average Bonchev–Trinajstić information content (AvgIpc) is 3.25. The first-order chi connectivity index (χ1) is 14.7. The first kappa shape index (κ1) is 22.8. The molecule has 2 aromatic carbocycles. The van der Waals surface area contributed by atoms with Gasteiger partial charge in [0.2, 0.25) is 0 Å². The van der Waals surface area contributed by atoms with Crippen LogP contribution >= 0.6 is 22.9 Å². The molecular weight excluding hydrogens is 460 g/mol. The molecule has 31 heavy (non-hydrogen) atoms. The second-order valence-electron chi connectivity index (χ2n) is 6.31. The molecule has 0 radical (unpaired) electrons. The topological polar surface area (TPSA) is 92.8 Å². The summed E-state index contributed by atoms with van der Waals surface area (Å²) in [7, 11) is -2.57. The van der Waals surface area contributed by atoms with Crippen LogP contribution in [0.2, 0.25) is 5.02 Å². The van der Waals surface area contributed by atoms with Crippen molar-refractivity contribution in [1.82, 2.24) is 0 Å². The maximum atomic E-state index is 13.1. The van der Waals surface area contributed by atoms with Crippen LogP contribution in [0.15, 0.2) is 64.9 Å². The predicted molar refractivity (Wildman–Crippen MR) is 122 cm³/mol. The van der Waals surface area contributed by atoms with E-state index in [9.17, 15) is 18.0 Å². The zero-order valence-electron chi connectivity index (χ0n) is 16.7. The summed E-state index contributed by atoms with van der Waals surface area (Å²) in [6, 6.07) is 13.9. The number of hydrogen-bond acceptors (Lipinski definition) is 6. The van der Waals surface area contributed by atoms with Crippen molar-refractivity contribution in [3.8, 4) is 0 Å². The number of nitrogens with zero attached hydrogens (tertiary/aromatic N) is 1. The molecule has 0 aliphatic heterocycles. The van der Waals surface area contributed by atoms with E-state index in [0.29, 0.717) is 22.0 Å². The third-order valence-electron chi connectivity index (χ3n) is 4.32. The van der Waals surface area contributed by atoms with E-state index in [2.05, 4.69) is 5.32 Å². The molecule has 0 spiro atoms. The van der Waals surface area contributed by atoms with Crippen LogP contribution in [0.1, 0.15) is 27.0 Å². The van der Waals surface area contributed by atoms with Crippen molar-refractivity contribution in [2.45, 2.75) is 11.8 Å². The highest BCUT2D eigenvalue weighted by Gasteiger charge is 2.28. The maximum absolute atomic E-state index is 13.1. The lowest BCUT2D eigenvalue weighted by atomic mass is 10.2. The van der Waals surface area contributed by atoms with E-state index in [1.807, 2.05) is 0 Å². The van der Waals surface area contributed by atoms with Gasteiger partial charge in [-0.2, -0.15) is 0 Å². The van der Waals surface area contributed by atoms with Crippen molar-refractivity contribution < 1.29 is 22.7 Å². The summed E-state index contributed by atoms with van der Waals surface area (Å²) in [6.07, 6.45) is 0. The number of ether oxygens (including phenoxy) is 1. The standard InChI is InChI=1S/C21H19ClN2O5S2/c1-3-29-21(26)14-4-8-16(9-5-14)23-20(25)19-18(12-13-30-19)31(27,28)24(2)17-10-6-15(22)7-11-17/h4-13H,3H2,1-2H3,(H,23,25). The van der Waals surface area contributed by atoms with Crippen molar-refractivity contribution in [2.75, 3.05) is 23.3 Å². The van der Waals surface area contributed by atoms with E-state index in [1.165, 1.54) is 25.2 Å². The fraction of sp³-hybridized carbons (Fsp3) is 0.143. The summed E-state index contributed by atoms with van der Waals surface area (Å²) >= 11 is 6.89. The zero-order chi connectivity index (χ0) is 22.6. The molecule has 1 N–H and O–H groups in total. The number of hydrogen-bond donors (Lipinski definition) is 1. The highest BCUT2D eigenvalue weighted by atomic mass is 35.5. The van der Waals surface area contributed by atoms with Gasteiger partial charge >= 0.3 is 5.97 Å². The molecule has 0 saturated heterocycles. The molecule has 1 aromatic heterocycles. The summed E-state index contributed by atoms with van der Waals surface area (Å²) in [5, 5.41) is 4.69. The van der Waals surface area contributed by atoms with Gasteiger partial charge in [0, 0.05) is 17.8 Å². The number of amides is 1. The van der Waals surface area contributed by atoms with Crippen LogP contribution in [0.3, 0.4) is 0 Å². The first-order valence-electron chi connectivity index (χ1n) is 9.14. The first-order valence-corrected chi connectivity index (χ1v) is 11.8. The Morgan fingerprint density at radius 1 is 1.06 bits per heavy atom. The maximum Gasteiger partial charge on any atom is 0.338 e. The van der Waals surface area contributed by atoms with Crippen LogP contribution in [0.5, 0.6) is 0 Å². The van der Waals surface area contributed by atoms with Gasteiger partial charge in [0.1, 0.15) is 9.77 Å². The number of halogens is 1. The smallest absolute Gasteiger partial charge is 0.338 e. The zero-order valence-corrected chi connectivity index (χ0v) is 19.1. The normalized spacial score (nSPS) is 11.1. The minimum Gasteiger partial charge on any atom is -0.462 e. The molecule has 0 aliphatic carbocycles. The number of sulfonamides is 1. The molecule has 0 aliphatic rings. The molecule has 162 valence electrons. The molecule has 0 atom stereocenters. The fourth-order valence-electron chi connectivity index (χ4n) is 2.70. The van der Waals surface area contributed by atoms with Gasteiger partial charge < -0.3 is 10.1 Å². The molecular formula is C21H19ClN2O5S2. The van der Waals surface area contributed by atoms with Gasteiger partial charge in [0.15, 0.2) is 0 Å². The molecule has 0 bridgehead atoms. The van der Waals surface area contributed by atoms with Gasteiger partial charge in [0.05, 0.1) is 17.9 Å². The van der Waals surface area contributed by atoms with E-state index < -0.39 is 21.9 Å². The molecule has 10 heteroatoms. The van der Waals surface area contributed by atoms with Crippen LogP contribution in [0.25, 0.3) is 0 Å². The van der Waals surface area contributed by atoms with E-state index in [-0.39, 0.29) is 16.4 Å². The number of anilines is 2. The largest absolute Gasteiger partial charge is 0.462 e. The summed E-state index contributed by atoms with van der Waals surface area (Å²) in [4.78, 5) is 24.5. The number of benzene rings is 2. The molecule has 3 aromatic rings. The Morgan fingerprint density at radius 2 is 1.71 bits per heavy atom. The number of thiophene rings is 1. The summed E-state index contributed by atoms with van der Waals surface area (Å²) < 4.78 is 32.2. The predicted octanol–water partition coefficient (Wildman–Crippen LogP) is 4.66. The Labute approximate surface area is 189 Å². The lowest BCUT2D eigenvalue weighted by molar-refractivity contribution is 0.0526. The van der Waals surface area contributed by atoms with Crippen LogP contribution in [-0.2, 0) is 14.8 Å². The Balaban J connectivity index is 1.81. The van der Waals surface area contributed by atoms with E-state index >= 15 is 0 Å². The van der Waals surface area contributed by atoms with Crippen LogP contribution in [0.4, 0.5) is 11.4 Å². The highest BCUT2D eigenvalue weighted by molar-refractivity contribution is 7.93. The van der Waals surface area contributed by atoms with Crippen LogP contribution < -0.4 is 9.62 Å². The monoisotopic (exact) mass is 478 g/mol. The number of esters is 1. The van der Waals surface area contributed by atoms with Crippen molar-refractivity contribution >= 4 is 56.2 Å². The van der Waals surface area contributed by atoms with Crippen molar-refractivity contribution in [3.63, 3.8) is 0 Å². The third kappa shape index (κ3) is 5.07. The number of nitrogens with one attached hydrogen (secondary N) is 1. The van der Waals surface area contributed by atoms with Crippen LogP contribution in [-0.4, -0.2) is 33.9 Å². The summed E-state index contributed by atoms with van der Waals surface area (Å²) in [5.74, 6) is -1.03. The fourth-order valence-corrected chi connectivity index (χ4v) is 5.31. The minimum absolute atomic E-state index is 0.0512. The van der Waals surface area contributed by atoms with Crippen molar-refractivity contribution in [2.24, 2.45) is 0 Å². The average molecular weight is 479 g/mol. The van der Waals surface area contributed by atoms with Crippen molar-refractivity contribution in [1.29, 1.82) is 0 Å². The molecule has 7 nitrogen and oxygen atoms in total. The summed E-state index contributed by atoms with van der Waals surface area (Å²) in [6.45, 7) is 1.97. The second-order valence-corrected chi connectivity index (χ2v) is 9.61. The van der Waals surface area contributed by atoms with Gasteiger partial charge in [-0.25, -0.2) is 13.2 Å². The number of rotatable bonds is 7. The lowest BCUT2D eigenvalue weighted by Crippen LogP contribution is -2.28. The van der Waals surface area contributed by atoms with Gasteiger partial charge in [-0.3, -0.25) is 9.10 Å². The Kier molecular flexibility index (Phi) is 6.99. The van der Waals surface area contributed by atoms with Crippen molar-refractivity contribution in [3.05, 3.63) is 75.4 Å². The molecule has 1 amide bonds. The third-order valence-corrected chi connectivity index (χ3v) is 7.44. The van der Waals surface area contributed by atoms with E-state index in [0.717, 1.165) is 15.6 Å².